The second-order valence-corrected chi connectivity index (χ2v) is 7.00. The standard InChI is InChI=1S/C19H20N8O2S/c1-13(28)22-15-8-5-9-16(10-15)23-17(29)12-30-19-26-25-18(27(19)20)24-21-11-14-6-3-2-4-7-14/h2-11H,12,20H2,1H3,(H,22,28)(H,23,29)(H,24,25)/b21-11+. The maximum Gasteiger partial charge on any atom is 0.264 e. The minimum absolute atomic E-state index is 0.0764. The number of nitrogens with one attached hydrogen (secondary N) is 3. The van der Waals surface area contributed by atoms with E-state index in [1.807, 2.05) is 30.3 Å². The monoisotopic (exact) mass is 424 g/mol. The van der Waals surface area contributed by atoms with E-state index in [0.29, 0.717) is 16.5 Å². The number of nitrogens with two attached hydrogens (primary N) is 1. The maximum absolute atomic E-state index is 12.2. The molecule has 0 radical (unpaired) electrons. The van der Waals surface area contributed by atoms with Crippen molar-refractivity contribution in [3.63, 3.8) is 0 Å². The molecule has 11 heteroatoms. The third-order valence-electron chi connectivity index (χ3n) is 3.64. The zero-order valence-electron chi connectivity index (χ0n) is 16.1. The number of benzene rings is 2. The molecule has 2 aromatic carbocycles. The van der Waals surface area contributed by atoms with Crippen molar-refractivity contribution >= 4 is 47.1 Å². The molecule has 3 rings (SSSR count). The summed E-state index contributed by atoms with van der Waals surface area (Å²) in [4.78, 5) is 23.3. The van der Waals surface area contributed by atoms with E-state index >= 15 is 0 Å². The van der Waals surface area contributed by atoms with Gasteiger partial charge in [0.05, 0.1) is 12.0 Å². The lowest BCUT2D eigenvalue weighted by molar-refractivity contribution is -0.114. The molecule has 1 heterocycles. The number of anilines is 3. The van der Waals surface area contributed by atoms with E-state index in [0.717, 1.165) is 17.3 Å². The fourth-order valence-electron chi connectivity index (χ4n) is 2.36. The highest BCUT2D eigenvalue weighted by Crippen LogP contribution is 2.19. The minimum Gasteiger partial charge on any atom is -0.334 e. The van der Waals surface area contributed by atoms with E-state index in [1.54, 1.807) is 30.5 Å². The number of amides is 2. The summed E-state index contributed by atoms with van der Waals surface area (Å²) in [7, 11) is 0. The highest BCUT2D eigenvalue weighted by molar-refractivity contribution is 7.99. The van der Waals surface area contributed by atoms with Crippen LogP contribution < -0.4 is 21.9 Å². The molecule has 154 valence electrons. The number of thioether (sulfide) groups is 1. The van der Waals surface area contributed by atoms with Crippen LogP contribution in [0.15, 0.2) is 64.9 Å². The van der Waals surface area contributed by atoms with Crippen molar-refractivity contribution < 1.29 is 9.59 Å². The molecule has 0 aliphatic carbocycles. The van der Waals surface area contributed by atoms with Gasteiger partial charge >= 0.3 is 0 Å². The quantitative estimate of drug-likeness (QED) is 0.188. The summed E-state index contributed by atoms with van der Waals surface area (Å²) in [6, 6.07) is 16.4. The second kappa shape index (κ2) is 10.1. The maximum atomic E-state index is 12.2. The number of carbonyl (C=O) groups excluding carboxylic acids is 2. The normalized spacial score (nSPS) is 10.7. The van der Waals surface area contributed by atoms with Crippen molar-refractivity contribution in [2.75, 3.05) is 27.7 Å². The Morgan fingerprint density at radius 3 is 2.57 bits per heavy atom. The molecule has 0 fully saturated rings. The summed E-state index contributed by atoms with van der Waals surface area (Å²) < 4.78 is 1.22. The molecule has 0 saturated carbocycles. The molecule has 10 nitrogen and oxygen atoms in total. The first-order valence-electron chi connectivity index (χ1n) is 8.86. The SMILES string of the molecule is CC(=O)Nc1cccc(NC(=O)CSc2nnc(N/N=C/c3ccccc3)n2N)c1. The zero-order valence-corrected chi connectivity index (χ0v) is 16.9. The Hall–Kier alpha value is -3.86. The van der Waals surface area contributed by atoms with Crippen LogP contribution in [0.4, 0.5) is 17.3 Å². The van der Waals surface area contributed by atoms with E-state index in [4.69, 9.17) is 5.84 Å². The van der Waals surface area contributed by atoms with Crippen molar-refractivity contribution in [3.8, 4) is 0 Å². The van der Waals surface area contributed by atoms with Gasteiger partial charge in [-0.2, -0.15) is 5.10 Å². The van der Waals surface area contributed by atoms with Gasteiger partial charge in [-0.25, -0.2) is 10.1 Å². The lowest BCUT2D eigenvalue weighted by Crippen LogP contribution is -2.17. The van der Waals surface area contributed by atoms with Gasteiger partial charge in [0.1, 0.15) is 0 Å². The lowest BCUT2D eigenvalue weighted by atomic mass is 10.2. The Kier molecular flexibility index (Phi) is 7.00. The van der Waals surface area contributed by atoms with E-state index < -0.39 is 0 Å². The first-order chi connectivity index (χ1) is 14.5. The Labute approximate surface area is 176 Å². The van der Waals surface area contributed by atoms with Crippen LogP contribution in [-0.2, 0) is 9.59 Å². The van der Waals surface area contributed by atoms with Gasteiger partial charge in [-0.15, -0.1) is 10.2 Å². The fraction of sp³-hybridized carbons (Fsp3) is 0.105. The molecule has 0 unspecified atom stereocenters. The van der Waals surface area contributed by atoms with Crippen LogP contribution in [0.3, 0.4) is 0 Å². The largest absolute Gasteiger partial charge is 0.334 e. The molecule has 0 aliphatic heterocycles. The molecule has 5 N–H and O–H groups in total. The van der Waals surface area contributed by atoms with Crippen molar-refractivity contribution in [1.29, 1.82) is 0 Å². The van der Waals surface area contributed by atoms with Gasteiger partial charge in [0, 0.05) is 18.3 Å². The highest BCUT2D eigenvalue weighted by atomic mass is 32.2. The van der Waals surface area contributed by atoms with E-state index in [9.17, 15) is 9.59 Å². The summed E-state index contributed by atoms with van der Waals surface area (Å²) in [6.45, 7) is 1.42. The van der Waals surface area contributed by atoms with Crippen LogP contribution in [-0.4, -0.2) is 38.7 Å². The van der Waals surface area contributed by atoms with Crippen LogP contribution >= 0.6 is 11.8 Å². The number of nitrogen functional groups attached to an aromatic ring is 1. The zero-order chi connectivity index (χ0) is 21.3. The lowest BCUT2D eigenvalue weighted by Gasteiger charge is -2.07. The van der Waals surface area contributed by atoms with Crippen LogP contribution in [0.25, 0.3) is 0 Å². The number of rotatable bonds is 8. The molecule has 0 aliphatic rings. The van der Waals surface area contributed by atoms with E-state index in [2.05, 4.69) is 31.4 Å². The Bertz CT molecular complexity index is 1050. The molecule has 0 atom stereocenters. The van der Waals surface area contributed by atoms with Crippen molar-refractivity contribution in [2.24, 2.45) is 5.10 Å². The molecular weight excluding hydrogens is 404 g/mol. The minimum atomic E-state index is -0.250. The van der Waals surface area contributed by atoms with Gasteiger partial charge < -0.3 is 16.5 Å². The first kappa shape index (κ1) is 20.9. The Morgan fingerprint density at radius 2 is 1.83 bits per heavy atom. The summed E-state index contributed by atoms with van der Waals surface area (Å²) in [5.74, 6) is 5.83. The van der Waals surface area contributed by atoms with Crippen molar-refractivity contribution in [3.05, 3.63) is 60.2 Å². The Balaban J connectivity index is 1.52. The molecule has 30 heavy (non-hydrogen) atoms. The smallest absolute Gasteiger partial charge is 0.264 e. The van der Waals surface area contributed by atoms with Crippen LogP contribution in [0.1, 0.15) is 12.5 Å². The summed E-state index contributed by atoms with van der Waals surface area (Å²) >= 11 is 1.13. The van der Waals surface area contributed by atoms with Gasteiger partial charge in [-0.3, -0.25) is 9.59 Å². The van der Waals surface area contributed by atoms with Crippen LogP contribution in [0, 0.1) is 0 Å². The van der Waals surface area contributed by atoms with Crippen LogP contribution in [0.2, 0.25) is 0 Å². The van der Waals surface area contributed by atoms with Gasteiger partial charge in [-0.1, -0.05) is 48.2 Å². The molecule has 2 amide bonds. The van der Waals surface area contributed by atoms with Gasteiger partial charge in [0.25, 0.3) is 5.95 Å². The molecule has 0 bridgehead atoms. The molecular formula is C19H20N8O2S. The number of hydrazone groups is 1. The number of hydrogen-bond donors (Lipinski definition) is 4. The first-order valence-corrected chi connectivity index (χ1v) is 9.85. The predicted octanol–water partition coefficient (Wildman–Crippen LogP) is 2.13. The third-order valence-corrected chi connectivity index (χ3v) is 4.58. The van der Waals surface area contributed by atoms with Gasteiger partial charge in [-0.05, 0) is 23.8 Å². The fourth-order valence-corrected chi connectivity index (χ4v) is 3.02. The summed E-state index contributed by atoms with van der Waals surface area (Å²) in [5, 5.41) is 17.7. The predicted molar refractivity (Wildman–Crippen MR) is 118 cm³/mol. The van der Waals surface area contributed by atoms with E-state index in [1.165, 1.54) is 11.6 Å². The number of aromatic nitrogens is 3. The van der Waals surface area contributed by atoms with Crippen molar-refractivity contribution in [1.82, 2.24) is 14.9 Å². The average Bonchev–Trinajstić information content (AvgIpc) is 3.07. The number of hydrogen-bond acceptors (Lipinski definition) is 8. The molecule has 0 spiro atoms. The average molecular weight is 424 g/mol. The highest BCUT2D eigenvalue weighted by Gasteiger charge is 2.12. The molecule has 0 saturated heterocycles. The molecule has 1 aromatic heterocycles. The second-order valence-electron chi connectivity index (χ2n) is 6.06. The Morgan fingerprint density at radius 1 is 1.10 bits per heavy atom. The third kappa shape index (κ3) is 6.07. The van der Waals surface area contributed by atoms with Gasteiger partial charge in [0.15, 0.2) is 0 Å². The number of carbonyl (C=O) groups is 2. The summed E-state index contributed by atoms with van der Waals surface area (Å²) in [5.41, 5.74) is 4.80. The van der Waals surface area contributed by atoms with Crippen molar-refractivity contribution in [2.45, 2.75) is 12.1 Å². The van der Waals surface area contributed by atoms with Gasteiger partial charge in [0.2, 0.25) is 17.0 Å². The van der Waals surface area contributed by atoms with E-state index in [-0.39, 0.29) is 23.5 Å². The molecule has 3 aromatic rings. The summed E-state index contributed by atoms with van der Waals surface area (Å²) in [6.07, 6.45) is 1.63. The topological polar surface area (TPSA) is 139 Å². The number of nitrogens with zero attached hydrogens (tertiary/aromatic N) is 4. The van der Waals surface area contributed by atoms with Crippen LogP contribution in [0.5, 0.6) is 0 Å².